The van der Waals surface area contributed by atoms with E-state index in [1.807, 2.05) is 24.3 Å². The Morgan fingerprint density at radius 3 is 2.81 bits per heavy atom. The van der Waals surface area contributed by atoms with Gasteiger partial charge in [0.1, 0.15) is 11.9 Å². The molecule has 0 spiro atoms. The molecule has 1 aliphatic heterocycles. The summed E-state index contributed by atoms with van der Waals surface area (Å²) in [7, 11) is 0. The number of phenols is 1. The highest BCUT2D eigenvalue weighted by atomic mass is 16.3. The quantitative estimate of drug-likeness (QED) is 0.849. The van der Waals surface area contributed by atoms with E-state index in [0.717, 1.165) is 11.3 Å². The molecular formula is C17H16N2O2. The van der Waals surface area contributed by atoms with E-state index < -0.39 is 0 Å². The van der Waals surface area contributed by atoms with E-state index in [2.05, 4.69) is 11.9 Å². The molecule has 4 nitrogen and oxygen atoms in total. The molecule has 0 fully saturated rings. The Bertz CT molecular complexity index is 697. The summed E-state index contributed by atoms with van der Waals surface area (Å²) in [5.74, 6) is 0.136. The first-order valence-electron chi connectivity index (χ1n) is 6.77. The zero-order valence-corrected chi connectivity index (χ0v) is 11.5. The molecule has 0 saturated heterocycles. The van der Waals surface area contributed by atoms with Crippen molar-refractivity contribution in [2.45, 2.75) is 6.17 Å². The first kappa shape index (κ1) is 13.2. The van der Waals surface area contributed by atoms with Crippen LogP contribution < -0.4 is 5.32 Å². The highest BCUT2D eigenvalue weighted by molar-refractivity contribution is 6.01. The van der Waals surface area contributed by atoms with Gasteiger partial charge in [-0.05, 0) is 29.8 Å². The second kappa shape index (κ2) is 5.32. The van der Waals surface area contributed by atoms with Gasteiger partial charge in [-0.1, -0.05) is 30.3 Å². The molecule has 0 aliphatic carbocycles. The molecule has 2 N–H and O–H groups in total. The summed E-state index contributed by atoms with van der Waals surface area (Å²) in [6, 6.07) is 14.3. The van der Waals surface area contributed by atoms with Crippen LogP contribution in [0.2, 0.25) is 0 Å². The van der Waals surface area contributed by atoms with Gasteiger partial charge in [-0.15, -0.1) is 6.58 Å². The van der Waals surface area contributed by atoms with E-state index in [0.29, 0.717) is 12.1 Å². The molecule has 1 atom stereocenters. The third-order valence-corrected chi connectivity index (χ3v) is 3.53. The molecule has 106 valence electrons. The first-order valence-corrected chi connectivity index (χ1v) is 6.77. The fourth-order valence-electron chi connectivity index (χ4n) is 2.58. The van der Waals surface area contributed by atoms with Crippen LogP contribution in [0.25, 0.3) is 0 Å². The number of nitrogens with zero attached hydrogens (tertiary/aromatic N) is 1. The van der Waals surface area contributed by atoms with Crippen molar-refractivity contribution in [1.29, 1.82) is 0 Å². The van der Waals surface area contributed by atoms with Crippen molar-refractivity contribution in [3.63, 3.8) is 0 Å². The van der Waals surface area contributed by atoms with Crippen LogP contribution in [0.1, 0.15) is 22.1 Å². The number of nitrogens with one attached hydrogen (secondary N) is 1. The van der Waals surface area contributed by atoms with Crippen LogP contribution in [0, 0.1) is 0 Å². The molecule has 1 amide bonds. The minimum atomic E-state index is -0.322. The number of benzene rings is 2. The van der Waals surface area contributed by atoms with Crippen LogP contribution in [0.15, 0.2) is 61.2 Å². The van der Waals surface area contributed by atoms with E-state index in [-0.39, 0.29) is 17.8 Å². The van der Waals surface area contributed by atoms with Crippen molar-refractivity contribution in [2.24, 2.45) is 0 Å². The smallest absolute Gasteiger partial charge is 0.258 e. The van der Waals surface area contributed by atoms with Gasteiger partial charge >= 0.3 is 0 Å². The van der Waals surface area contributed by atoms with Crippen molar-refractivity contribution >= 4 is 11.6 Å². The van der Waals surface area contributed by atoms with Crippen LogP contribution in [-0.2, 0) is 0 Å². The lowest BCUT2D eigenvalue weighted by atomic mass is 10.0. The van der Waals surface area contributed by atoms with Crippen molar-refractivity contribution in [3.05, 3.63) is 72.3 Å². The van der Waals surface area contributed by atoms with Crippen LogP contribution in [0.3, 0.4) is 0 Å². The third-order valence-electron chi connectivity index (χ3n) is 3.53. The summed E-state index contributed by atoms with van der Waals surface area (Å²) in [6.45, 7) is 4.15. The van der Waals surface area contributed by atoms with Gasteiger partial charge in [0.05, 0.1) is 5.56 Å². The number of aromatic hydroxyl groups is 1. The Balaban J connectivity index is 2.06. The summed E-state index contributed by atoms with van der Waals surface area (Å²) in [4.78, 5) is 14.3. The van der Waals surface area contributed by atoms with E-state index >= 15 is 0 Å². The SMILES string of the molecule is C=CCN1C(=O)c2ccccc2NC1c1cccc(O)c1. The number of hydrogen-bond acceptors (Lipinski definition) is 3. The predicted molar refractivity (Wildman–Crippen MR) is 82.1 cm³/mol. The number of hydrogen-bond donors (Lipinski definition) is 2. The number of para-hydroxylation sites is 1. The maximum absolute atomic E-state index is 12.7. The van der Waals surface area contributed by atoms with E-state index in [9.17, 15) is 9.90 Å². The normalized spacial score (nSPS) is 17.0. The van der Waals surface area contributed by atoms with Gasteiger partial charge in [0.15, 0.2) is 0 Å². The largest absolute Gasteiger partial charge is 0.508 e. The summed E-state index contributed by atoms with van der Waals surface area (Å²) in [6.07, 6.45) is 1.38. The number of amides is 1. The van der Waals surface area contributed by atoms with Crippen LogP contribution in [-0.4, -0.2) is 22.5 Å². The van der Waals surface area contributed by atoms with Crippen molar-refractivity contribution in [3.8, 4) is 5.75 Å². The number of fused-ring (bicyclic) bond motifs is 1. The van der Waals surface area contributed by atoms with Crippen LogP contribution in [0.5, 0.6) is 5.75 Å². The van der Waals surface area contributed by atoms with Crippen molar-refractivity contribution in [1.82, 2.24) is 4.90 Å². The second-order valence-electron chi connectivity index (χ2n) is 4.93. The minimum Gasteiger partial charge on any atom is -0.508 e. The number of carbonyl (C=O) groups is 1. The van der Waals surface area contributed by atoms with E-state index in [1.165, 1.54) is 0 Å². The topological polar surface area (TPSA) is 52.6 Å². The Hall–Kier alpha value is -2.75. The van der Waals surface area contributed by atoms with Gasteiger partial charge in [0.25, 0.3) is 5.91 Å². The Morgan fingerprint density at radius 1 is 1.24 bits per heavy atom. The standard InChI is InChI=1S/C17H16N2O2/c1-2-10-19-16(12-6-5-7-13(20)11-12)18-15-9-4-3-8-14(15)17(19)21/h2-9,11,16,18,20H,1,10H2. The van der Waals surface area contributed by atoms with E-state index in [1.54, 1.807) is 35.2 Å². The molecule has 4 heteroatoms. The minimum absolute atomic E-state index is 0.0439. The molecule has 3 rings (SSSR count). The summed E-state index contributed by atoms with van der Waals surface area (Å²) >= 11 is 0. The first-order chi connectivity index (χ1) is 10.2. The van der Waals surface area contributed by atoms with Crippen LogP contribution in [0.4, 0.5) is 5.69 Å². The molecular weight excluding hydrogens is 264 g/mol. The molecule has 0 radical (unpaired) electrons. The van der Waals surface area contributed by atoms with Crippen LogP contribution >= 0.6 is 0 Å². The Labute approximate surface area is 123 Å². The fraction of sp³-hybridized carbons (Fsp3) is 0.118. The number of anilines is 1. The van der Waals surface area contributed by atoms with Gasteiger partial charge in [0, 0.05) is 12.2 Å². The van der Waals surface area contributed by atoms with Crippen molar-refractivity contribution < 1.29 is 9.90 Å². The lowest BCUT2D eigenvalue weighted by Gasteiger charge is -2.37. The number of carbonyl (C=O) groups excluding carboxylic acids is 1. The maximum Gasteiger partial charge on any atom is 0.258 e. The van der Waals surface area contributed by atoms with Gasteiger partial charge in [-0.3, -0.25) is 4.79 Å². The lowest BCUT2D eigenvalue weighted by Crippen LogP contribution is -2.42. The molecule has 2 aromatic carbocycles. The average molecular weight is 280 g/mol. The maximum atomic E-state index is 12.7. The predicted octanol–water partition coefficient (Wildman–Crippen LogP) is 3.14. The van der Waals surface area contributed by atoms with E-state index in [4.69, 9.17) is 0 Å². The Morgan fingerprint density at radius 2 is 2.05 bits per heavy atom. The van der Waals surface area contributed by atoms with Gasteiger partial charge < -0.3 is 15.3 Å². The zero-order chi connectivity index (χ0) is 14.8. The summed E-state index contributed by atoms with van der Waals surface area (Å²) in [5, 5.41) is 13.0. The lowest BCUT2D eigenvalue weighted by molar-refractivity contribution is 0.0707. The highest BCUT2D eigenvalue weighted by Gasteiger charge is 2.31. The molecule has 21 heavy (non-hydrogen) atoms. The average Bonchev–Trinajstić information content (AvgIpc) is 2.50. The molecule has 1 unspecified atom stereocenters. The number of rotatable bonds is 3. The molecule has 2 aromatic rings. The van der Waals surface area contributed by atoms with Gasteiger partial charge in [-0.2, -0.15) is 0 Å². The van der Waals surface area contributed by atoms with Crippen molar-refractivity contribution in [2.75, 3.05) is 11.9 Å². The fourth-order valence-corrected chi connectivity index (χ4v) is 2.58. The molecule has 0 saturated carbocycles. The molecule has 1 aliphatic rings. The Kier molecular flexibility index (Phi) is 3.36. The molecule has 0 aromatic heterocycles. The third kappa shape index (κ3) is 2.36. The van der Waals surface area contributed by atoms with Gasteiger partial charge in [0.2, 0.25) is 0 Å². The number of phenolic OH excluding ortho intramolecular Hbond substituents is 1. The highest BCUT2D eigenvalue weighted by Crippen LogP contribution is 2.33. The monoisotopic (exact) mass is 280 g/mol. The zero-order valence-electron chi connectivity index (χ0n) is 11.5. The summed E-state index contributed by atoms with van der Waals surface area (Å²) < 4.78 is 0. The second-order valence-corrected chi connectivity index (χ2v) is 4.93. The molecule has 0 bridgehead atoms. The van der Waals surface area contributed by atoms with Gasteiger partial charge in [-0.25, -0.2) is 0 Å². The summed E-state index contributed by atoms with van der Waals surface area (Å²) in [5.41, 5.74) is 2.28. The molecule has 1 heterocycles.